The summed E-state index contributed by atoms with van der Waals surface area (Å²) in [7, 11) is 0. The Hall–Kier alpha value is -0.260. The van der Waals surface area contributed by atoms with Crippen LogP contribution in [-0.4, -0.2) is 0 Å². The van der Waals surface area contributed by atoms with Crippen molar-refractivity contribution in [3.8, 4) is 0 Å². The molecule has 1 aliphatic carbocycles. The zero-order valence-corrected chi connectivity index (χ0v) is 12.3. The van der Waals surface area contributed by atoms with Crippen LogP contribution in [-0.2, 0) is 0 Å². The molecule has 1 rings (SSSR count). The molecule has 0 aromatic carbocycles. The summed E-state index contributed by atoms with van der Waals surface area (Å²) in [5.41, 5.74) is 1.54. The standard InChI is InChI=1S/C17H32/c1-5-8-15(4)17-12-7-11-16(13-17)10-6-9-14(2)3/h14,16-17H,4-13H2,1-3H3. The van der Waals surface area contributed by atoms with Crippen molar-refractivity contribution in [2.75, 3.05) is 0 Å². The molecule has 0 nitrogen and oxygen atoms in total. The minimum atomic E-state index is 0.854. The predicted molar refractivity (Wildman–Crippen MR) is 78.2 cm³/mol. The highest BCUT2D eigenvalue weighted by Gasteiger charge is 2.23. The van der Waals surface area contributed by atoms with Crippen molar-refractivity contribution in [1.29, 1.82) is 0 Å². The Balaban J connectivity index is 2.26. The third kappa shape index (κ3) is 5.75. The summed E-state index contributed by atoms with van der Waals surface area (Å²) in [6.07, 6.45) is 12.6. The molecule has 0 radical (unpaired) electrons. The van der Waals surface area contributed by atoms with E-state index in [4.69, 9.17) is 0 Å². The van der Waals surface area contributed by atoms with Gasteiger partial charge in [-0.05, 0) is 37.0 Å². The largest absolute Gasteiger partial charge is 0.0996 e. The third-order valence-electron chi connectivity index (χ3n) is 4.33. The van der Waals surface area contributed by atoms with Crippen molar-refractivity contribution >= 4 is 0 Å². The number of rotatable bonds is 7. The summed E-state index contributed by atoms with van der Waals surface area (Å²) >= 11 is 0. The zero-order chi connectivity index (χ0) is 12.7. The van der Waals surface area contributed by atoms with Crippen molar-refractivity contribution in [2.45, 2.75) is 78.6 Å². The molecule has 0 heterocycles. The lowest BCUT2D eigenvalue weighted by atomic mass is 9.75. The maximum atomic E-state index is 4.31. The van der Waals surface area contributed by atoms with Gasteiger partial charge in [0.2, 0.25) is 0 Å². The van der Waals surface area contributed by atoms with Gasteiger partial charge in [0, 0.05) is 0 Å². The minimum absolute atomic E-state index is 0.854. The molecule has 17 heavy (non-hydrogen) atoms. The number of hydrogen-bond acceptors (Lipinski definition) is 0. The van der Waals surface area contributed by atoms with E-state index in [1.807, 2.05) is 0 Å². The second-order valence-electron chi connectivity index (χ2n) is 6.46. The van der Waals surface area contributed by atoms with Gasteiger partial charge in [-0.25, -0.2) is 0 Å². The van der Waals surface area contributed by atoms with E-state index in [9.17, 15) is 0 Å². The van der Waals surface area contributed by atoms with Gasteiger partial charge < -0.3 is 0 Å². The van der Waals surface area contributed by atoms with E-state index in [0.29, 0.717) is 0 Å². The second-order valence-corrected chi connectivity index (χ2v) is 6.46. The molecular weight excluding hydrogens is 204 g/mol. The van der Waals surface area contributed by atoms with Gasteiger partial charge in [-0.15, -0.1) is 0 Å². The van der Waals surface area contributed by atoms with Gasteiger partial charge in [0.05, 0.1) is 0 Å². The first-order valence-electron chi connectivity index (χ1n) is 7.81. The van der Waals surface area contributed by atoms with Gasteiger partial charge in [0.15, 0.2) is 0 Å². The monoisotopic (exact) mass is 236 g/mol. The van der Waals surface area contributed by atoms with Crippen molar-refractivity contribution in [2.24, 2.45) is 17.8 Å². The smallest absolute Gasteiger partial charge is 0.0203 e. The molecule has 1 aliphatic rings. The topological polar surface area (TPSA) is 0 Å². The van der Waals surface area contributed by atoms with Crippen LogP contribution in [0.2, 0.25) is 0 Å². The Morgan fingerprint density at radius 3 is 2.71 bits per heavy atom. The lowest BCUT2D eigenvalue weighted by Gasteiger charge is -2.30. The number of allylic oxidation sites excluding steroid dienone is 1. The van der Waals surface area contributed by atoms with Gasteiger partial charge >= 0.3 is 0 Å². The van der Waals surface area contributed by atoms with E-state index in [-0.39, 0.29) is 0 Å². The quantitative estimate of drug-likeness (QED) is 0.477. The lowest BCUT2D eigenvalue weighted by molar-refractivity contribution is 0.268. The van der Waals surface area contributed by atoms with Crippen LogP contribution in [0.15, 0.2) is 12.2 Å². The predicted octanol–water partition coefficient (Wildman–Crippen LogP) is 5.98. The molecule has 0 N–H and O–H groups in total. The molecule has 0 aromatic rings. The average Bonchev–Trinajstić information content (AvgIpc) is 2.29. The van der Waals surface area contributed by atoms with E-state index < -0.39 is 0 Å². The van der Waals surface area contributed by atoms with Crippen LogP contribution in [0.5, 0.6) is 0 Å². The average molecular weight is 236 g/mol. The molecule has 0 heteroatoms. The Morgan fingerprint density at radius 2 is 2.06 bits per heavy atom. The van der Waals surface area contributed by atoms with E-state index >= 15 is 0 Å². The first-order valence-corrected chi connectivity index (χ1v) is 7.81. The normalized spacial score (nSPS) is 25.2. The molecule has 0 saturated heterocycles. The highest BCUT2D eigenvalue weighted by atomic mass is 14.3. The molecule has 2 unspecified atom stereocenters. The van der Waals surface area contributed by atoms with Crippen LogP contribution < -0.4 is 0 Å². The minimum Gasteiger partial charge on any atom is -0.0996 e. The molecule has 2 atom stereocenters. The van der Waals surface area contributed by atoms with Crippen LogP contribution >= 0.6 is 0 Å². The maximum absolute atomic E-state index is 4.31. The molecule has 0 aromatic heterocycles. The molecular formula is C17H32. The maximum Gasteiger partial charge on any atom is -0.0203 e. The lowest BCUT2D eigenvalue weighted by Crippen LogP contribution is -2.17. The summed E-state index contributed by atoms with van der Waals surface area (Å²) in [5.74, 6) is 2.73. The van der Waals surface area contributed by atoms with Crippen molar-refractivity contribution in [3.63, 3.8) is 0 Å². The molecule has 1 saturated carbocycles. The van der Waals surface area contributed by atoms with Crippen LogP contribution in [0.4, 0.5) is 0 Å². The highest BCUT2D eigenvalue weighted by Crippen LogP contribution is 2.36. The Labute approximate surface area is 109 Å². The zero-order valence-electron chi connectivity index (χ0n) is 12.3. The van der Waals surface area contributed by atoms with E-state index in [0.717, 1.165) is 17.8 Å². The highest BCUT2D eigenvalue weighted by molar-refractivity contribution is 5.02. The SMILES string of the molecule is C=C(CCC)C1CCCC(CCCC(C)C)C1. The van der Waals surface area contributed by atoms with Crippen molar-refractivity contribution in [1.82, 2.24) is 0 Å². The second kappa shape index (κ2) is 7.95. The van der Waals surface area contributed by atoms with Gasteiger partial charge in [-0.1, -0.05) is 71.4 Å². The van der Waals surface area contributed by atoms with Crippen LogP contribution in [0.1, 0.15) is 78.6 Å². The molecule has 0 amide bonds. The van der Waals surface area contributed by atoms with E-state index in [2.05, 4.69) is 27.4 Å². The first-order chi connectivity index (χ1) is 8.13. The van der Waals surface area contributed by atoms with Crippen molar-refractivity contribution < 1.29 is 0 Å². The fraction of sp³-hybridized carbons (Fsp3) is 0.882. The number of hydrogen-bond donors (Lipinski definition) is 0. The van der Waals surface area contributed by atoms with Gasteiger partial charge in [-0.2, -0.15) is 0 Å². The fourth-order valence-corrected chi connectivity index (χ4v) is 3.26. The third-order valence-corrected chi connectivity index (χ3v) is 4.33. The first kappa shape index (κ1) is 14.8. The van der Waals surface area contributed by atoms with Crippen LogP contribution in [0.3, 0.4) is 0 Å². The van der Waals surface area contributed by atoms with Crippen LogP contribution in [0.25, 0.3) is 0 Å². The Bertz CT molecular complexity index is 214. The van der Waals surface area contributed by atoms with Gasteiger partial charge in [0.25, 0.3) is 0 Å². The Morgan fingerprint density at radius 1 is 1.29 bits per heavy atom. The van der Waals surface area contributed by atoms with E-state index in [1.165, 1.54) is 57.8 Å². The van der Waals surface area contributed by atoms with Crippen molar-refractivity contribution in [3.05, 3.63) is 12.2 Å². The summed E-state index contributed by atoms with van der Waals surface area (Å²) in [5, 5.41) is 0. The van der Waals surface area contributed by atoms with Gasteiger partial charge in [-0.3, -0.25) is 0 Å². The summed E-state index contributed by atoms with van der Waals surface area (Å²) < 4.78 is 0. The summed E-state index contributed by atoms with van der Waals surface area (Å²) in [4.78, 5) is 0. The fourth-order valence-electron chi connectivity index (χ4n) is 3.26. The Kier molecular flexibility index (Phi) is 6.92. The van der Waals surface area contributed by atoms with Crippen LogP contribution in [0, 0.1) is 17.8 Å². The summed E-state index contributed by atoms with van der Waals surface area (Å²) in [6.45, 7) is 11.3. The molecule has 0 aliphatic heterocycles. The molecule has 0 spiro atoms. The molecule has 100 valence electrons. The molecule has 0 bridgehead atoms. The van der Waals surface area contributed by atoms with Gasteiger partial charge in [0.1, 0.15) is 0 Å². The summed E-state index contributed by atoms with van der Waals surface area (Å²) in [6, 6.07) is 0. The van der Waals surface area contributed by atoms with E-state index in [1.54, 1.807) is 5.57 Å². The molecule has 1 fully saturated rings.